The van der Waals surface area contributed by atoms with E-state index in [1.54, 1.807) is 24.5 Å². The molecule has 1 heterocycles. The van der Waals surface area contributed by atoms with E-state index in [1.165, 1.54) is 0 Å². The van der Waals surface area contributed by atoms with Crippen LogP contribution in [-0.4, -0.2) is 16.8 Å². The quantitative estimate of drug-likeness (QED) is 0.396. The summed E-state index contributed by atoms with van der Waals surface area (Å²) >= 11 is 0. The fourth-order valence-corrected chi connectivity index (χ4v) is 1.95. The molecular formula is C16H17N3O2. The second-order valence-corrected chi connectivity index (χ2v) is 4.50. The molecule has 0 radical (unpaired) electrons. The van der Waals surface area contributed by atoms with Crippen LogP contribution in [0.4, 0.5) is 0 Å². The minimum Gasteiger partial charge on any atom is -0.380 e. The van der Waals surface area contributed by atoms with E-state index < -0.39 is 5.97 Å². The second kappa shape index (κ2) is 7.19. The predicted octanol–water partition coefficient (Wildman–Crippen LogP) is 2.44. The number of nitrogens with two attached hydrogens (primary N) is 1. The van der Waals surface area contributed by atoms with Gasteiger partial charge in [-0.15, -0.1) is 0 Å². The molecule has 21 heavy (non-hydrogen) atoms. The summed E-state index contributed by atoms with van der Waals surface area (Å²) in [5, 5.41) is 3.69. The van der Waals surface area contributed by atoms with E-state index >= 15 is 0 Å². The first kappa shape index (κ1) is 14.7. The van der Waals surface area contributed by atoms with Gasteiger partial charge in [0.25, 0.3) is 0 Å². The lowest BCUT2D eigenvalue weighted by Gasteiger charge is -2.11. The van der Waals surface area contributed by atoms with Crippen molar-refractivity contribution in [3.63, 3.8) is 0 Å². The number of pyridine rings is 1. The summed E-state index contributed by atoms with van der Waals surface area (Å²) < 4.78 is 0. The van der Waals surface area contributed by atoms with Crippen LogP contribution >= 0.6 is 0 Å². The van der Waals surface area contributed by atoms with Crippen LogP contribution in [0.2, 0.25) is 0 Å². The number of aromatic nitrogens is 1. The van der Waals surface area contributed by atoms with Crippen LogP contribution in [0.3, 0.4) is 0 Å². The second-order valence-electron chi connectivity index (χ2n) is 4.50. The molecule has 1 aromatic heterocycles. The van der Waals surface area contributed by atoms with Gasteiger partial charge in [-0.05, 0) is 24.1 Å². The van der Waals surface area contributed by atoms with Crippen molar-refractivity contribution >= 4 is 11.8 Å². The van der Waals surface area contributed by atoms with E-state index in [2.05, 4.69) is 10.1 Å². The van der Waals surface area contributed by atoms with Crippen molar-refractivity contribution in [2.75, 3.05) is 0 Å². The van der Waals surface area contributed by atoms with Crippen molar-refractivity contribution in [2.45, 2.75) is 19.3 Å². The van der Waals surface area contributed by atoms with E-state index in [-0.39, 0.29) is 11.8 Å². The third kappa shape index (κ3) is 3.89. The van der Waals surface area contributed by atoms with E-state index in [1.807, 2.05) is 37.3 Å². The number of carbonyl (C=O) groups excluding carboxylic acids is 1. The zero-order valence-corrected chi connectivity index (χ0v) is 11.8. The van der Waals surface area contributed by atoms with Gasteiger partial charge in [-0.2, -0.15) is 0 Å². The Balaban J connectivity index is 2.07. The minimum atomic E-state index is -0.421. The van der Waals surface area contributed by atoms with E-state index in [0.29, 0.717) is 12.0 Å². The Labute approximate surface area is 123 Å². The van der Waals surface area contributed by atoms with Gasteiger partial charge in [0.05, 0.1) is 5.92 Å². The molecule has 2 N–H and O–H groups in total. The molecule has 108 valence electrons. The van der Waals surface area contributed by atoms with Crippen molar-refractivity contribution in [1.29, 1.82) is 0 Å². The zero-order valence-electron chi connectivity index (χ0n) is 11.8. The van der Waals surface area contributed by atoms with Crippen LogP contribution in [0.1, 0.15) is 30.4 Å². The summed E-state index contributed by atoms with van der Waals surface area (Å²) in [5.74, 6) is -0.647. The fourth-order valence-electron chi connectivity index (χ4n) is 1.95. The van der Waals surface area contributed by atoms with Crippen molar-refractivity contribution in [2.24, 2.45) is 10.9 Å². The Morgan fingerprint density at radius 2 is 2.05 bits per heavy atom. The summed E-state index contributed by atoms with van der Waals surface area (Å²) in [4.78, 5) is 21.0. The average Bonchev–Trinajstić information content (AvgIpc) is 2.55. The van der Waals surface area contributed by atoms with Crippen LogP contribution in [0.5, 0.6) is 0 Å². The lowest BCUT2D eigenvalue weighted by atomic mass is 9.97. The van der Waals surface area contributed by atoms with Crippen molar-refractivity contribution < 1.29 is 9.63 Å². The zero-order chi connectivity index (χ0) is 15.1. The molecule has 1 atom stereocenters. The molecule has 0 amide bonds. The standard InChI is InChI=1S/C16H17N3O2/c1-2-14(12-7-4-3-5-8-12)16(20)21-19-15(17)13-9-6-10-18-11-13/h3-11,14H,2H2,1H3,(H2,17,19)/t14-/m1/s1. The average molecular weight is 283 g/mol. The third-order valence-electron chi connectivity index (χ3n) is 3.09. The Morgan fingerprint density at radius 3 is 2.67 bits per heavy atom. The monoisotopic (exact) mass is 283 g/mol. The molecular weight excluding hydrogens is 266 g/mol. The molecule has 0 saturated carbocycles. The summed E-state index contributed by atoms with van der Waals surface area (Å²) in [6, 6.07) is 12.9. The fraction of sp³-hybridized carbons (Fsp3) is 0.188. The van der Waals surface area contributed by atoms with Gasteiger partial charge in [-0.3, -0.25) is 4.98 Å². The first-order valence-electron chi connectivity index (χ1n) is 6.72. The maximum absolute atomic E-state index is 12.1. The lowest BCUT2D eigenvalue weighted by Crippen LogP contribution is -2.18. The number of carbonyl (C=O) groups is 1. The highest BCUT2D eigenvalue weighted by atomic mass is 16.7. The van der Waals surface area contributed by atoms with Crippen LogP contribution in [0.25, 0.3) is 0 Å². The Kier molecular flexibility index (Phi) is 5.04. The van der Waals surface area contributed by atoms with Crippen molar-refractivity contribution in [1.82, 2.24) is 4.98 Å². The Morgan fingerprint density at radius 1 is 1.29 bits per heavy atom. The van der Waals surface area contributed by atoms with Gasteiger partial charge in [0, 0.05) is 18.0 Å². The first-order valence-corrected chi connectivity index (χ1v) is 6.72. The molecule has 0 fully saturated rings. The number of nitrogens with zero attached hydrogens (tertiary/aromatic N) is 2. The molecule has 5 nitrogen and oxygen atoms in total. The van der Waals surface area contributed by atoms with Crippen LogP contribution in [0, 0.1) is 0 Å². The molecule has 5 heteroatoms. The number of oxime groups is 1. The molecule has 0 aliphatic carbocycles. The number of hydrogen-bond donors (Lipinski definition) is 1. The van der Waals surface area contributed by atoms with Gasteiger partial charge in [0.2, 0.25) is 0 Å². The van der Waals surface area contributed by atoms with E-state index in [4.69, 9.17) is 10.6 Å². The van der Waals surface area contributed by atoms with Crippen LogP contribution in [0.15, 0.2) is 60.0 Å². The van der Waals surface area contributed by atoms with Crippen molar-refractivity contribution in [3.05, 3.63) is 66.0 Å². The molecule has 0 unspecified atom stereocenters. The van der Waals surface area contributed by atoms with Crippen LogP contribution < -0.4 is 5.73 Å². The molecule has 2 rings (SSSR count). The molecule has 2 aromatic rings. The number of hydrogen-bond acceptors (Lipinski definition) is 4. The maximum Gasteiger partial charge on any atom is 0.342 e. The van der Waals surface area contributed by atoms with Gasteiger partial charge < -0.3 is 10.6 Å². The predicted molar refractivity (Wildman–Crippen MR) is 80.5 cm³/mol. The van der Waals surface area contributed by atoms with Gasteiger partial charge in [0.1, 0.15) is 0 Å². The Hall–Kier alpha value is -2.69. The minimum absolute atomic E-state index is 0.124. The first-order chi connectivity index (χ1) is 10.2. The van der Waals surface area contributed by atoms with E-state index in [9.17, 15) is 4.79 Å². The number of benzene rings is 1. The van der Waals surface area contributed by atoms with Crippen LogP contribution in [-0.2, 0) is 9.63 Å². The molecule has 1 aromatic carbocycles. The molecule has 0 aliphatic rings. The number of rotatable bonds is 5. The van der Waals surface area contributed by atoms with Gasteiger partial charge in [-0.1, -0.05) is 42.4 Å². The summed E-state index contributed by atoms with van der Waals surface area (Å²) in [6.07, 6.45) is 3.82. The maximum atomic E-state index is 12.1. The molecule has 0 spiro atoms. The third-order valence-corrected chi connectivity index (χ3v) is 3.09. The lowest BCUT2D eigenvalue weighted by molar-refractivity contribution is -0.145. The summed E-state index contributed by atoms with van der Waals surface area (Å²) in [7, 11) is 0. The highest BCUT2D eigenvalue weighted by Crippen LogP contribution is 2.20. The van der Waals surface area contributed by atoms with Crippen molar-refractivity contribution in [3.8, 4) is 0 Å². The smallest absolute Gasteiger partial charge is 0.342 e. The molecule has 0 bridgehead atoms. The SMILES string of the molecule is CC[C@@H](C(=O)ON=C(N)c1cccnc1)c1ccccc1. The normalized spacial score (nSPS) is 12.7. The topological polar surface area (TPSA) is 77.6 Å². The van der Waals surface area contributed by atoms with Gasteiger partial charge in [0.15, 0.2) is 5.84 Å². The highest BCUT2D eigenvalue weighted by molar-refractivity contribution is 5.97. The number of amidine groups is 1. The summed E-state index contributed by atoms with van der Waals surface area (Å²) in [5.41, 5.74) is 7.27. The highest BCUT2D eigenvalue weighted by Gasteiger charge is 2.20. The summed E-state index contributed by atoms with van der Waals surface area (Å²) in [6.45, 7) is 1.92. The Bertz CT molecular complexity index is 612. The molecule has 0 saturated heterocycles. The van der Waals surface area contributed by atoms with E-state index in [0.717, 1.165) is 5.56 Å². The molecule has 0 aliphatic heterocycles. The largest absolute Gasteiger partial charge is 0.380 e. The van der Waals surface area contributed by atoms with Gasteiger partial charge in [-0.25, -0.2) is 4.79 Å². The van der Waals surface area contributed by atoms with Gasteiger partial charge >= 0.3 is 5.97 Å².